The van der Waals surface area contributed by atoms with Crippen LogP contribution in [-0.4, -0.2) is 32.1 Å². The highest BCUT2D eigenvalue weighted by Gasteiger charge is 1.93. The number of nitrogens with zero attached hydrogens (tertiary/aromatic N) is 1. The number of carbonyl (C=O) groups is 2. The number of H-pyrrole nitrogens is 1. The number of aromatic amines is 1. The molecule has 6 N–H and O–H groups in total. The smallest absolute Gasteiger partial charge is 0.303 e. The van der Waals surface area contributed by atoms with Crippen molar-refractivity contribution < 1.29 is 19.8 Å². The Morgan fingerprint density at radius 3 is 1.59 bits per heavy atom. The van der Waals surface area contributed by atoms with E-state index in [0.717, 1.165) is 38.5 Å². The third-order valence-corrected chi connectivity index (χ3v) is 2.39. The monoisotopic (exact) mass is 317 g/mol. The van der Waals surface area contributed by atoms with Crippen molar-refractivity contribution in [3.63, 3.8) is 0 Å². The average Bonchev–Trinajstić information content (AvgIpc) is 2.98. The molecule has 1 aromatic heterocycles. The van der Waals surface area contributed by atoms with E-state index in [1.807, 2.05) is 0 Å². The van der Waals surface area contributed by atoms with Crippen LogP contribution in [0.4, 0.5) is 0 Å². The number of carboxylic acid groups (broad SMARTS) is 2. The molecule has 0 aromatic carbocycles. The van der Waals surface area contributed by atoms with Gasteiger partial charge in [0.1, 0.15) is 0 Å². The molecule has 0 saturated carbocycles. The van der Waals surface area contributed by atoms with Gasteiger partial charge in [0.05, 0.1) is 6.33 Å². The average molecular weight is 317 g/mol. The van der Waals surface area contributed by atoms with Gasteiger partial charge in [-0.3, -0.25) is 9.59 Å². The minimum absolute atomic E-state index is 0. The Labute approximate surface area is 132 Å². The summed E-state index contributed by atoms with van der Waals surface area (Å²) in [6.07, 6.45) is 11.6. The Hall–Kier alpha value is -1.89. The number of rotatable bonds is 8. The Bertz CT molecular complexity index is 292. The minimum atomic E-state index is -0.682. The number of aromatic nitrogens is 2. The molecule has 0 radical (unpaired) electrons. The second-order valence-corrected chi connectivity index (χ2v) is 4.46. The van der Waals surface area contributed by atoms with Crippen molar-refractivity contribution in [3.05, 3.63) is 18.7 Å². The molecular formula is C15H31N3O4. The second kappa shape index (κ2) is 21.4. The van der Waals surface area contributed by atoms with Crippen LogP contribution >= 0.6 is 0 Å². The van der Waals surface area contributed by atoms with Crippen LogP contribution in [0.2, 0.25) is 0 Å². The third kappa shape index (κ3) is 30.8. The summed E-state index contributed by atoms with van der Waals surface area (Å²) in [6.45, 7) is 4.11. The number of hydrogen-bond acceptors (Lipinski definition) is 4. The number of unbranched alkanes of at least 4 members (excludes halogenated alkanes) is 4. The molecule has 7 nitrogen and oxygen atoms in total. The summed E-state index contributed by atoms with van der Waals surface area (Å²) in [5, 5.41) is 16.3. The fourth-order valence-electron chi connectivity index (χ4n) is 1.27. The molecule has 0 aliphatic rings. The maximum Gasteiger partial charge on any atom is 0.303 e. The number of carboxylic acids is 2. The van der Waals surface area contributed by atoms with E-state index in [2.05, 4.69) is 23.8 Å². The fraction of sp³-hybridized carbons (Fsp3) is 0.667. The molecule has 22 heavy (non-hydrogen) atoms. The van der Waals surface area contributed by atoms with E-state index in [1.165, 1.54) is 0 Å². The standard InChI is InChI=1S/2C6H12O2.C3H4N2.H3N/c2*1-2-3-4-5-6(7)8;1-2-5-3-4-1;/h2*2-5H2,1H3,(H,7,8);1-3H,(H,4,5);1H3. The normalized spacial score (nSPS) is 8.45. The summed E-state index contributed by atoms with van der Waals surface area (Å²) in [6, 6.07) is 0. The lowest BCUT2D eigenvalue weighted by molar-refractivity contribution is -0.138. The van der Waals surface area contributed by atoms with Crippen molar-refractivity contribution in [2.24, 2.45) is 0 Å². The topological polar surface area (TPSA) is 138 Å². The highest BCUT2D eigenvalue weighted by molar-refractivity contribution is 5.66. The molecule has 0 amide bonds. The van der Waals surface area contributed by atoms with E-state index in [1.54, 1.807) is 18.7 Å². The molecule has 1 rings (SSSR count). The zero-order valence-corrected chi connectivity index (χ0v) is 13.8. The fourth-order valence-corrected chi connectivity index (χ4v) is 1.27. The Morgan fingerprint density at radius 2 is 1.41 bits per heavy atom. The summed E-state index contributed by atoms with van der Waals surface area (Å²) >= 11 is 0. The number of aliphatic carboxylic acids is 2. The van der Waals surface area contributed by atoms with E-state index >= 15 is 0 Å². The largest absolute Gasteiger partial charge is 0.481 e. The SMILES string of the molecule is CCCCCC(=O)O.CCCCCC(=O)O.N.c1c[nH]cn1. The first-order valence-electron chi connectivity index (χ1n) is 7.40. The highest BCUT2D eigenvalue weighted by atomic mass is 16.4. The van der Waals surface area contributed by atoms with Gasteiger partial charge in [-0.2, -0.15) is 0 Å². The molecule has 1 aromatic rings. The van der Waals surface area contributed by atoms with Gasteiger partial charge in [-0.25, -0.2) is 4.98 Å². The maximum atomic E-state index is 9.87. The Kier molecular flexibility index (Phi) is 24.4. The van der Waals surface area contributed by atoms with Crippen LogP contribution in [0.5, 0.6) is 0 Å². The van der Waals surface area contributed by atoms with Crippen molar-refractivity contribution in [2.45, 2.75) is 65.2 Å². The molecule has 0 aliphatic carbocycles. The summed E-state index contributed by atoms with van der Waals surface area (Å²) in [5.74, 6) is -1.36. The van der Waals surface area contributed by atoms with Crippen LogP contribution < -0.4 is 6.15 Å². The van der Waals surface area contributed by atoms with Crippen LogP contribution in [-0.2, 0) is 9.59 Å². The lowest BCUT2D eigenvalue weighted by Crippen LogP contribution is -1.92. The lowest BCUT2D eigenvalue weighted by Gasteiger charge is -1.89. The summed E-state index contributed by atoms with van der Waals surface area (Å²) in [5.41, 5.74) is 0. The van der Waals surface area contributed by atoms with Gasteiger partial charge in [0, 0.05) is 25.2 Å². The first kappa shape index (κ1) is 25.1. The Morgan fingerprint density at radius 1 is 0.955 bits per heavy atom. The lowest BCUT2D eigenvalue weighted by atomic mass is 10.2. The van der Waals surface area contributed by atoms with Crippen molar-refractivity contribution in [2.75, 3.05) is 0 Å². The molecule has 130 valence electrons. The van der Waals surface area contributed by atoms with Crippen molar-refractivity contribution in [3.8, 4) is 0 Å². The molecule has 0 saturated heterocycles. The van der Waals surface area contributed by atoms with E-state index in [4.69, 9.17) is 10.2 Å². The summed E-state index contributed by atoms with van der Waals surface area (Å²) in [7, 11) is 0. The van der Waals surface area contributed by atoms with Crippen molar-refractivity contribution in [1.29, 1.82) is 0 Å². The molecule has 1 heterocycles. The van der Waals surface area contributed by atoms with Gasteiger partial charge < -0.3 is 21.3 Å². The predicted molar refractivity (Wildman–Crippen MR) is 87.2 cm³/mol. The van der Waals surface area contributed by atoms with Gasteiger partial charge in [0.2, 0.25) is 0 Å². The van der Waals surface area contributed by atoms with E-state index in [0.29, 0.717) is 12.8 Å². The number of imidazole rings is 1. The van der Waals surface area contributed by atoms with Crippen LogP contribution in [0.1, 0.15) is 65.2 Å². The zero-order valence-electron chi connectivity index (χ0n) is 13.8. The zero-order chi connectivity index (χ0) is 16.3. The molecule has 0 spiro atoms. The second-order valence-electron chi connectivity index (χ2n) is 4.46. The van der Waals surface area contributed by atoms with Crippen LogP contribution in [0.3, 0.4) is 0 Å². The van der Waals surface area contributed by atoms with Gasteiger partial charge in [-0.1, -0.05) is 39.5 Å². The maximum absolute atomic E-state index is 9.87. The molecule has 7 heteroatoms. The summed E-state index contributed by atoms with van der Waals surface area (Å²) < 4.78 is 0. The van der Waals surface area contributed by atoms with Crippen molar-refractivity contribution in [1.82, 2.24) is 16.1 Å². The minimum Gasteiger partial charge on any atom is -0.481 e. The molecular weight excluding hydrogens is 286 g/mol. The quantitative estimate of drug-likeness (QED) is 0.537. The van der Waals surface area contributed by atoms with Gasteiger partial charge in [-0.05, 0) is 12.8 Å². The van der Waals surface area contributed by atoms with Gasteiger partial charge in [-0.15, -0.1) is 0 Å². The number of nitrogens with one attached hydrogen (secondary N) is 1. The molecule has 0 bridgehead atoms. The highest BCUT2D eigenvalue weighted by Crippen LogP contribution is 1.97. The van der Waals surface area contributed by atoms with E-state index in [-0.39, 0.29) is 6.15 Å². The van der Waals surface area contributed by atoms with Crippen molar-refractivity contribution >= 4 is 11.9 Å². The number of hydrogen-bond donors (Lipinski definition) is 4. The molecule has 0 aliphatic heterocycles. The van der Waals surface area contributed by atoms with Crippen LogP contribution in [0.15, 0.2) is 18.7 Å². The van der Waals surface area contributed by atoms with Gasteiger partial charge in [0.25, 0.3) is 0 Å². The third-order valence-electron chi connectivity index (χ3n) is 2.39. The van der Waals surface area contributed by atoms with Crippen LogP contribution in [0, 0.1) is 0 Å². The van der Waals surface area contributed by atoms with Gasteiger partial charge >= 0.3 is 11.9 Å². The van der Waals surface area contributed by atoms with E-state index < -0.39 is 11.9 Å². The molecule has 0 fully saturated rings. The molecule has 0 unspecified atom stereocenters. The summed E-state index contributed by atoms with van der Waals surface area (Å²) in [4.78, 5) is 26.2. The first-order valence-corrected chi connectivity index (χ1v) is 7.40. The predicted octanol–water partition coefficient (Wildman–Crippen LogP) is 3.87. The van der Waals surface area contributed by atoms with Crippen LogP contribution in [0.25, 0.3) is 0 Å². The van der Waals surface area contributed by atoms with Gasteiger partial charge in [0.15, 0.2) is 0 Å². The first-order chi connectivity index (χ1) is 10.0. The Balaban J connectivity index is -0.000000246. The van der Waals surface area contributed by atoms with E-state index in [9.17, 15) is 9.59 Å². The molecule has 0 atom stereocenters.